The van der Waals surface area contributed by atoms with Gasteiger partial charge >= 0.3 is 0 Å². The molecule has 3 heteroatoms. The van der Waals surface area contributed by atoms with Crippen molar-refractivity contribution in [2.45, 2.75) is 12.3 Å². The summed E-state index contributed by atoms with van der Waals surface area (Å²) in [6.45, 7) is 2.16. The first kappa shape index (κ1) is 33.0. The van der Waals surface area contributed by atoms with E-state index in [9.17, 15) is 0 Å². The van der Waals surface area contributed by atoms with E-state index < -0.39 is 5.41 Å². The molecule has 2 aromatic heterocycles. The second-order valence-corrected chi connectivity index (χ2v) is 16.8. The molecule has 3 nitrogen and oxygen atoms in total. The monoisotopic (exact) mass is 776 g/mol. The first-order valence-corrected chi connectivity index (χ1v) is 21.2. The van der Waals surface area contributed by atoms with E-state index in [0.717, 1.165) is 39.0 Å². The molecule has 0 radical (unpaired) electrons. The number of para-hydroxylation sites is 5. The van der Waals surface area contributed by atoms with Gasteiger partial charge in [-0.25, -0.2) is 0 Å². The van der Waals surface area contributed by atoms with E-state index in [4.69, 9.17) is 4.42 Å². The lowest BCUT2D eigenvalue weighted by Crippen LogP contribution is -2.33. The van der Waals surface area contributed by atoms with Gasteiger partial charge in [-0.05, 0) is 98.9 Å². The number of aryl methyl sites for hydroxylation is 1. The van der Waals surface area contributed by atoms with E-state index in [1.807, 2.05) is 0 Å². The Morgan fingerprint density at radius 1 is 0.443 bits per heavy atom. The highest BCUT2D eigenvalue weighted by Crippen LogP contribution is 2.64. The molecular weight excluding hydrogens is 741 g/mol. The Morgan fingerprint density at radius 2 is 1.10 bits per heavy atom. The van der Waals surface area contributed by atoms with Crippen LogP contribution >= 0.6 is 0 Å². The van der Waals surface area contributed by atoms with Crippen molar-refractivity contribution in [3.05, 3.63) is 228 Å². The zero-order chi connectivity index (χ0) is 40.0. The number of nitrogens with zero attached hydrogens (tertiary/aromatic N) is 2. The van der Waals surface area contributed by atoms with Crippen molar-refractivity contribution in [1.29, 1.82) is 0 Å². The van der Waals surface area contributed by atoms with Crippen LogP contribution in [0, 0.1) is 6.92 Å². The Balaban J connectivity index is 1.20. The van der Waals surface area contributed by atoms with E-state index in [2.05, 4.69) is 217 Å². The lowest BCUT2D eigenvalue weighted by molar-refractivity contribution is 0.669. The normalized spacial score (nSPS) is 15.0. The van der Waals surface area contributed by atoms with E-state index in [1.54, 1.807) is 0 Å². The second-order valence-electron chi connectivity index (χ2n) is 16.8. The molecule has 1 spiro atoms. The molecule has 0 saturated heterocycles. The molecule has 0 N–H and O–H groups in total. The van der Waals surface area contributed by atoms with Crippen LogP contribution in [0.15, 0.2) is 205 Å². The summed E-state index contributed by atoms with van der Waals surface area (Å²) in [6.07, 6.45) is 0. The number of benzene rings is 10. The molecule has 10 aromatic carbocycles. The van der Waals surface area contributed by atoms with Crippen LogP contribution in [0.4, 0.5) is 17.1 Å². The lowest BCUT2D eigenvalue weighted by atomic mass is 9.65. The van der Waals surface area contributed by atoms with E-state index >= 15 is 0 Å². The summed E-state index contributed by atoms with van der Waals surface area (Å²) in [4.78, 5) is 2.45. The third-order valence-electron chi connectivity index (χ3n) is 13.8. The highest BCUT2D eigenvalue weighted by molar-refractivity contribution is 6.19. The van der Waals surface area contributed by atoms with Gasteiger partial charge in [0.2, 0.25) is 0 Å². The van der Waals surface area contributed by atoms with Crippen molar-refractivity contribution in [2.24, 2.45) is 0 Å². The fraction of sp³-hybridized carbons (Fsp3) is 0.0345. The Kier molecular flexibility index (Phi) is 6.42. The van der Waals surface area contributed by atoms with Crippen molar-refractivity contribution in [3.8, 4) is 16.8 Å². The molecular formula is C58H36N2O. The topological polar surface area (TPSA) is 21.3 Å². The number of aromatic nitrogens is 1. The molecule has 61 heavy (non-hydrogen) atoms. The van der Waals surface area contributed by atoms with Gasteiger partial charge in [-0.15, -0.1) is 0 Å². The number of hydrogen-bond acceptors (Lipinski definition) is 2. The average Bonchev–Trinajstić information content (AvgIpc) is 3.97. The fourth-order valence-corrected chi connectivity index (χ4v) is 11.4. The SMILES string of the molecule is Cc1ccc(N(c2cc3c(c4ccccc24)-c2c(ccc4ccccc24)C32c3ccccc3-n3c4ccccc4c4cccc2c43)c2cccc3c2oc2ccccc23)cc1. The number of fused-ring (bicyclic) bond motifs is 19. The molecule has 12 aromatic rings. The number of hydrogen-bond donors (Lipinski definition) is 0. The summed E-state index contributed by atoms with van der Waals surface area (Å²) in [5, 5.41) is 9.69. The molecule has 0 bridgehead atoms. The molecule has 1 aliphatic carbocycles. The van der Waals surface area contributed by atoms with Crippen LogP contribution in [-0.4, -0.2) is 4.57 Å². The average molecular weight is 777 g/mol. The number of rotatable bonds is 3. The fourth-order valence-electron chi connectivity index (χ4n) is 11.4. The molecule has 2 aliphatic rings. The van der Waals surface area contributed by atoms with Crippen LogP contribution in [0.2, 0.25) is 0 Å². The summed E-state index contributed by atoms with van der Waals surface area (Å²) >= 11 is 0. The maximum absolute atomic E-state index is 6.85. The van der Waals surface area contributed by atoms with Gasteiger partial charge in [0, 0.05) is 32.6 Å². The molecule has 284 valence electrons. The molecule has 3 heterocycles. The second kappa shape index (κ2) is 11.9. The molecule has 0 saturated carbocycles. The van der Waals surface area contributed by atoms with E-state index in [0.29, 0.717) is 0 Å². The van der Waals surface area contributed by atoms with Crippen LogP contribution in [0.3, 0.4) is 0 Å². The van der Waals surface area contributed by atoms with Gasteiger partial charge in [0.1, 0.15) is 5.58 Å². The lowest BCUT2D eigenvalue weighted by Gasteiger charge is -2.40. The summed E-state index contributed by atoms with van der Waals surface area (Å²) in [6, 6.07) is 74.3. The largest absolute Gasteiger partial charge is 0.454 e. The summed E-state index contributed by atoms with van der Waals surface area (Å²) in [5.74, 6) is 0. The third-order valence-corrected chi connectivity index (χ3v) is 13.8. The van der Waals surface area contributed by atoms with Crippen LogP contribution in [0.1, 0.15) is 27.8 Å². The quantitative estimate of drug-likeness (QED) is 0.178. The van der Waals surface area contributed by atoms with Crippen LogP contribution in [-0.2, 0) is 5.41 Å². The molecule has 0 fully saturated rings. The third kappa shape index (κ3) is 4.13. The van der Waals surface area contributed by atoms with Crippen molar-refractivity contribution >= 4 is 82.4 Å². The van der Waals surface area contributed by atoms with Gasteiger partial charge in [-0.2, -0.15) is 0 Å². The Hall–Kier alpha value is -7.88. The summed E-state index contributed by atoms with van der Waals surface area (Å²) < 4.78 is 9.38. The molecule has 14 rings (SSSR count). The zero-order valence-corrected chi connectivity index (χ0v) is 33.4. The minimum atomic E-state index is -0.641. The van der Waals surface area contributed by atoms with Crippen molar-refractivity contribution < 1.29 is 4.42 Å². The zero-order valence-electron chi connectivity index (χ0n) is 33.4. The van der Waals surface area contributed by atoms with Gasteiger partial charge in [0.05, 0.1) is 33.5 Å². The minimum Gasteiger partial charge on any atom is -0.454 e. The predicted octanol–water partition coefficient (Wildman–Crippen LogP) is 15.4. The Labute approximate surface area is 351 Å². The highest BCUT2D eigenvalue weighted by atomic mass is 16.3. The van der Waals surface area contributed by atoms with E-state index in [-0.39, 0.29) is 0 Å². The van der Waals surface area contributed by atoms with Crippen LogP contribution < -0.4 is 4.90 Å². The first-order chi connectivity index (χ1) is 30.2. The van der Waals surface area contributed by atoms with Crippen molar-refractivity contribution in [3.63, 3.8) is 0 Å². The van der Waals surface area contributed by atoms with Crippen LogP contribution in [0.25, 0.3) is 82.1 Å². The summed E-state index contributed by atoms with van der Waals surface area (Å²) in [7, 11) is 0. The van der Waals surface area contributed by atoms with Crippen LogP contribution in [0.5, 0.6) is 0 Å². The molecule has 1 atom stereocenters. The van der Waals surface area contributed by atoms with Gasteiger partial charge in [-0.3, -0.25) is 0 Å². The number of anilines is 3. The van der Waals surface area contributed by atoms with Crippen molar-refractivity contribution in [1.82, 2.24) is 4.57 Å². The van der Waals surface area contributed by atoms with Gasteiger partial charge in [-0.1, -0.05) is 163 Å². The first-order valence-electron chi connectivity index (χ1n) is 21.2. The van der Waals surface area contributed by atoms with Crippen molar-refractivity contribution in [2.75, 3.05) is 4.90 Å². The highest BCUT2D eigenvalue weighted by Gasteiger charge is 2.52. The Morgan fingerprint density at radius 3 is 1.98 bits per heavy atom. The smallest absolute Gasteiger partial charge is 0.159 e. The summed E-state index contributed by atoms with van der Waals surface area (Å²) in [5.41, 5.74) is 17.0. The predicted molar refractivity (Wildman–Crippen MR) is 253 cm³/mol. The van der Waals surface area contributed by atoms with Gasteiger partial charge < -0.3 is 13.9 Å². The van der Waals surface area contributed by atoms with Gasteiger partial charge in [0.15, 0.2) is 5.58 Å². The number of furan rings is 1. The standard InChI is InChI=1S/C58H36N2O/c1-35-28-31-37(32-29-35)59(51-26-13-21-44-41-18-7-11-27-53(41)61-57(44)51)52-34-48-55(42-19-5-4-16-39(42)52)54-38-15-3-2-14-36(38)30-33-46(54)58(48)45-22-8-10-25-50(45)60-49-24-9-6-17-40(49)43-20-12-23-47(58)56(43)60/h2-34H,1H3. The maximum Gasteiger partial charge on any atom is 0.159 e. The molecule has 1 unspecified atom stereocenters. The Bertz CT molecular complexity index is 3850. The molecule has 0 amide bonds. The van der Waals surface area contributed by atoms with E-state index in [1.165, 1.54) is 88.0 Å². The minimum absolute atomic E-state index is 0.641. The maximum atomic E-state index is 6.85. The van der Waals surface area contributed by atoms with Gasteiger partial charge in [0.25, 0.3) is 0 Å². The molecule has 1 aliphatic heterocycles.